The number of benzene rings is 1. The molecular weight excluding hydrogens is 224 g/mol. The van der Waals surface area contributed by atoms with Crippen molar-refractivity contribution in [2.24, 2.45) is 5.73 Å². The molecule has 2 aliphatic rings. The third kappa shape index (κ3) is 2.30. The maximum absolute atomic E-state index is 6.35. The molecule has 3 atom stereocenters. The quantitative estimate of drug-likeness (QED) is 0.865. The molecule has 2 saturated heterocycles. The van der Waals surface area contributed by atoms with Gasteiger partial charge in [0.2, 0.25) is 0 Å². The van der Waals surface area contributed by atoms with Crippen LogP contribution in [0, 0.1) is 6.92 Å². The van der Waals surface area contributed by atoms with Crippen LogP contribution < -0.4 is 5.73 Å². The highest BCUT2D eigenvalue weighted by Crippen LogP contribution is 2.27. The van der Waals surface area contributed by atoms with Gasteiger partial charge < -0.3 is 10.5 Å². The van der Waals surface area contributed by atoms with Gasteiger partial charge >= 0.3 is 0 Å². The molecule has 0 amide bonds. The number of aryl methyl sites for hydroxylation is 1. The fraction of sp³-hybridized carbons (Fsp3) is 0.600. The van der Waals surface area contributed by atoms with Crippen LogP contribution in [-0.4, -0.2) is 36.7 Å². The summed E-state index contributed by atoms with van der Waals surface area (Å²) < 4.78 is 5.97. The maximum atomic E-state index is 6.35. The van der Waals surface area contributed by atoms with Crippen LogP contribution in [0.15, 0.2) is 24.3 Å². The van der Waals surface area contributed by atoms with Crippen LogP contribution in [0.2, 0.25) is 0 Å². The molecule has 2 fully saturated rings. The van der Waals surface area contributed by atoms with Crippen molar-refractivity contribution in [1.82, 2.24) is 4.90 Å². The van der Waals surface area contributed by atoms with E-state index in [0.717, 1.165) is 13.2 Å². The van der Waals surface area contributed by atoms with Crippen molar-refractivity contribution < 1.29 is 4.74 Å². The molecule has 3 rings (SSSR count). The number of fused-ring (bicyclic) bond motifs is 1. The van der Waals surface area contributed by atoms with E-state index >= 15 is 0 Å². The Kier molecular flexibility index (Phi) is 3.37. The first-order valence-electron chi connectivity index (χ1n) is 6.92. The van der Waals surface area contributed by atoms with E-state index in [2.05, 4.69) is 36.1 Å². The van der Waals surface area contributed by atoms with Gasteiger partial charge in [-0.2, -0.15) is 0 Å². The summed E-state index contributed by atoms with van der Waals surface area (Å²) in [5.74, 6) is 0. The molecule has 1 aromatic rings. The molecule has 0 saturated carbocycles. The zero-order valence-corrected chi connectivity index (χ0v) is 11.0. The Balaban J connectivity index is 1.69. The topological polar surface area (TPSA) is 38.5 Å². The van der Waals surface area contributed by atoms with Crippen LogP contribution in [0.5, 0.6) is 0 Å². The van der Waals surface area contributed by atoms with Gasteiger partial charge in [0, 0.05) is 12.6 Å². The summed E-state index contributed by atoms with van der Waals surface area (Å²) in [7, 11) is 0. The third-order valence-electron chi connectivity index (χ3n) is 4.28. The van der Waals surface area contributed by atoms with E-state index in [4.69, 9.17) is 10.5 Å². The molecule has 1 aromatic carbocycles. The Bertz CT molecular complexity index is 403. The van der Waals surface area contributed by atoms with Gasteiger partial charge in [-0.05, 0) is 31.9 Å². The van der Waals surface area contributed by atoms with Crippen molar-refractivity contribution in [1.29, 1.82) is 0 Å². The monoisotopic (exact) mass is 246 g/mol. The molecule has 2 N–H and O–H groups in total. The van der Waals surface area contributed by atoms with E-state index in [1.54, 1.807) is 0 Å². The van der Waals surface area contributed by atoms with Crippen LogP contribution in [0.4, 0.5) is 0 Å². The van der Waals surface area contributed by atoms with Crippen molar-refractivity contribution in [2.45, 2.75) is 38.0 Å². The van der Waals surface area contributed by atoms with E-state index in [-0.39, 0.29) is 12.1 Å². The molecule has 18 heavy (non-hydrogen) atoms. The van der Waals surface area contributed by atoms with Gasteiger partial charge in [0.05, 0.1) is 18.8 Å². The molecule has 0 aliphatic carbocycles. The van der Waals surface area contributed by atoms with Crippen molar-refractivity contribution >= 4 is 0 Å². The number of hydrogen-bond acceptors (Lipinski definition) is 3. The minimum Gasteiger partial charge on any atom is -0.373 e. The fourth-order valence-corrected chi connectivity index (χ4v) is 3.06. The molecule has 3 unspecified atom stereocenters. The second-order valence-corrected chi connectivity index (χ2v) is 5.60. The summed E-state index contributed by atoms with van der Waals surface area (Å²) in [6.45, 7) is 5.15. The van der Waals surface area contributed by atoms with Gasteiger partial charge in [-0.15, -0.1) is 0 Å². The van der Waals surface area contributed by atoms with Crippen LogP contribution in [0.25, 0.3) is 0 Å². The first-order chi connectivity index (χ1) is 8.74. The first-order valence-corrected chi connectivity index (χ1v) is 6.92. The van der Waals surface area contributed by atoms with Crippen molar-refractivity contribution in [3.05, 3.63) is 35.4 Å². The lowest BCUT2D eigenvalue weighted by molar-refractivity contribution is -0.0597. The number of ether oxygens (including phenoxy) is 1. The highest BCUT2D eigenvalue weighted by molar-refractivity contribution is 5.25. The summed E-state index contributed by atoms with van der Waals surface area (Å²) >= 11 is 0. The molecule has 2 aliphatic heterocycles. The molecule has 2 heterocycles. The molecule has 3 nitrogen and oxygen atoms in total. The number of nitrogens with zero attached hydrogens (tertiary/aromatic N) is 1. The Morgan fingerprint density at radius 3 is 2.89 bits per heavy atom. The summed E-state index contributed by atoms with van der Waals surface area (Å²) in [5.41, 5.74) is 8.81. The van der Waals surface area contributed by atoms with Crippen LogP contribution in [-0.2, 0) is 4.74 Å². The number of nitrogens with two attached hydrogens (primary N) is 1. The number of morpholine rings is 1. The molecular formula is C15H22N2O. The molecule has 0 radical (unpaired) electrons. The average Bonchev–Trinajstić information content (AvgIpc) is 2.86. The number of rotatable bonds is 2. The van der Waals surface area contributed by atoms with Crippen molar-refractivity contribution in [3.8, 4) is 0 Å². The summed E-state index contributed by atoms with van der Waals surface area (Å²) in [4.78, 5) is 2.54. The van der Waals surface area contributed by atoms with Gasteiger partial charge in [0.15, 0.2) is 0 Å². The number of hydrogen-bond donors (Lipinski definition) is 1. The second-order valence-electron chi connectivity index (χ2n) is 5.60. The van der Waals surface area contributed by atoms with E-state index in [1.807, 2.05) is 0 Å². The Morgan fingerprint density at radius 2 is 2.11 bits per heavy atom. The van der Waals surface area contributed by atoms with Gasteiger partial charge in [-0.1, -0.05) is 29.8 Å². The van der Waals surface area contributed by atoms with Gasteiger partial charge in [-0.25, -0.2) is 0 Å². The van der Waals surface area contributed by atoms with E-state index < -0.39 is 0 Å². The first kappa shape index (κ1) is 12.2. The molecule has 0 aromatic heterocycles. The molecule has 3 heteroatoms. The fourth-order valence-electron chi connectivity index (χ4n) is 3.06. The van der Waals surface area contributed by atoms with Crippen molar-refractivity contribution in [2.75, 3.05) is 19.7 Å². The zero-order chi connectivity index (χ0) is 12.5. The maximum Gasteiger partial charge on any atom is 0.0895 e. The smallest absolute Gasteiger partial charge is 0.0895 e. The Morgan fingerprint density at radius 1 is 1.33 bits per heavy atom. The van der Waals surface area contributed by atoms with E-state index in [1.165, 1.54) is 30.5 Å². The van der Waals surface area contributed by atoms with Crippen LogP contribution in [0.3, 0.4) is 0 Å². The second kappa shape index (κ2) is 5.00. The summed E-state index contributed by atoms with van der Waals surface area (Å²) in [6.07, 6.45) is 2.73. The lowest BCUT2D eigenvalue weighted by atomic mass is 9.99. The predicted molar refractivity (Wildman–Crippen MR) is 72.4 cm³/mol. The Labute approximate surface area is 109 Å². The van der Waals surface area contributed by atoms with Crippen LogP contribution >= 0.6 is 0 Å². The molecule has 98 valence electrons. The average molecular weight is 246 g/mol. The SMILES string of the molecule is Cc1ccc(C(N)C2CN3CCCC3CO2)cc1. The van der Waals surface area contributed by atoms with E-state index in [0.29, 0.717) is 6.04 Å². The van der Waals surface area contributed by atoms with Crippen molar-refractivity contribution in [3.63, 3.8) is 0 Å². The normalized spacial score (nSPS) is 30.1. The van der Waals surface area contributed by atoms with Crippen LogP contribution in [0.1, 0.15) is 30.0 Å². The molecule has 0 bridgehead atoms. The summed E-state index contributed by atoms with van der Waals surface area (Å²) in [5, 5.41) is 0. The lowest BCUT2D eigenvalue weighted by Crippen LogP contribution is -2.49. The van der Waals surface area contributed by atoms with Gasteiger partial charge in [0.1, 0.15) is 0 Å². The standard InChI is InChI=1S/C15H22N2O/c1-11-4-6-12(7-5-11)15(16)14-9-17-8-2-3-13(17)10-18-14/h4-7,13-15H,2-3,8-10,16H2,1H3. The van der Waals surface area contributed by atoms with Gasteiger partial charge in [-0.3, -0.25) is 4.90 Å². The highest BCUT2D eigenvalue weighted by Gasteiger charge is 2.34. The minimum atomic E-state index is -0.00727. The van der Waals surface area contributed by atoms with Gasteiger partial charge in [0.25, 0.3) is 0 Å². The summed E-state index contributed by atoms with van der Waals surface area (Å²) in [6, 6.07) is 9.13. The largest absolute Gasteiger partial charge is 0.373 e. The Hall–Kier alpha value is -0.900. The minimum absolute atomic E-state index is 0.00727. The third-order valence-corrected chi connectivity index (χ3v) is 4.28. The zero-order valence-electron chi connectivity index (χ0n) is 11.0. The highest BCUT2D eigenvalue weighted by atomic mass is 16.5. The predicted octanol–water partition coefficient (Wildman–Crippen LogP) is 1.86. The lowest BCUT2D eigenvalue weighted by Gasteiger charge is -2.37. The molecule has 0 spiro atoms. The van der Waals surface area contributed by atoms with E-state index in [9.17, 15) is 0 Å².